The summed E-state index contributed by atoms with van der Waals surface area (Å²) in [6.07, 6.45) is 1.82. The van der Waals surface area contributed by atoms with Crippen molar-refractivity contribution in [2.75, 3.05) is 0 Å². The molecule has 0 atom stereocenters. The van der Waals surface area contributed by atoms with Gasteiger partial charge in [-0.05, 0) is 39.2 Å². The zero-order chi connectivity index (χ0) is 9.85. The zero-order valence-corrected chi connectivity index (χ0v) is 9.10. The first kappa shape index (κ1) is 9.12. The van der Waals surface area contributed by atoms with Gasteiger partial charge in [0.2, 0.25) is 0 Å². The Morgan fingerprint density at radius 2 is 1.92 bits per heavy atom. The van der Waals surface area contributed by atoms with Crippen molar-refractivity contribution in [2.45, 2.75) is 38.8 Å². The van der Waals surface area contributed by atoms with Gasteiger partial charge in [0.15, 0.2) is 0 Å². The smallest absolute Gasteiger partial charge is 0.0807 e. The lowest BCUT2D eigenvalue weighted by atomic mass is 9.99. The molecule has 3 nitrogen and oxygen atoms in total. The van der Waals surface area contributed by atoms with Crippen molar-refractivity contribution in [1.29, 1.82) is 0 Å². The minimum absolute atomic E-state index is 0.417. The van der Waals surface area contributed by atoms with Gasteiger partial charge in [-0.1, -0.05) is 0 Å². The van der Waals surface area contributed by atoms with E-state index in [0.29, 0.717) is 0 Å². The molecular weight excluding hydrogens is 184 g/mol. The molecule has 13 heavy (non-hydrogen) atoms. The van der Waals surface area contributed by atoms with Crippen LogP contribution in [0.3, 0.4) is 0 Å². The van der Waals surface area contributed by atoms with Crippen LogP contribution in [0.1, 0.15) is 38.1 Å². The number of nitrogens with zero attached hydrogens (tertiary/aromatic N) is 2. The van der Waals surface area contributed by atoms with E-state index < -0.39 is 11.1 Å². The van der Waals surface area contributed by atoms with Crippen molar-refractivity contribution in [3.63, 3.8) is 0 Å². The molecule has 0 aromatic carbocycles. The predicted molar refractivity (Wildman–Crippen MR) is 50.7 cm³/mol. The molecule has 2 heterocycles. The van der Waals surface area contributed by atoms with Crippen LogP contribution in [0.15, 0.2) is 6.20 Å². The van der Waals surface area contributed by atoms with Crippen LogP contribution in [0.5, 0.6) is 0 Å². The SMILES string of the molecule is CC1(C)c2cnsc2C(C)(C)N1[O]. The average molecular weight is 197 g/mol. The van der Waals surface area contributed by atoms with Gasteiger partial charge >= 0.3 is 0 Å². The molecule has 1 aromatic heterocycles. The molecule has 1 aliphatic heterocycles. The summed E-state index contributed by atoms with van der Waals surface area (Å²) >= 11 is 1.43. The predicted octanol–water partition coefficient (Wildman–Crippen LogP) is 2.27. The van der Waals surface area contributed by atoms with Gasteiger partial charge in [-0.15, -0.1) is 10.3 Å². The highest BCUT2D eigenvalue weighted by atomic mass is 32.1. The summed E-state index contributed by atoms with van der Waals surface area (Å²) in [4.78, 5) is 1.10. The Balaban J connectivity index is 2.65. The highest BCUT2D eigenvalue weighted by Crippen LogP contribution is 2.49. The summed E-state index contributed by atoms with van der Waals surface area (Å²) in [6, 6.07) is 0. The molecule has 0 amide bonds. The molecule has 0 saturated carbocycles. The second-order valence-corrected chi connectivity index (χ2v) is 5.28. The van der Waals surface area contributed by atoms with Gasteiger partial charge in [0.05, 0.1) is 16.0 Å². The summed E-state index contributed by atoms with van der Waals surface area (Å²) in [5.41, 5.74) is 0.240. The van der Waals surface area contributed by atoms with Crippen molar-refractivity contribution >= 4 is 11.5 Å². The lowest BCUT2D eigenvalue weighted by molar-refractivity contribution is -0.265. The number of aromatic nitrogens is 1. The Bertz CT molecular complexity index is 313. The topological polar surface area (TPSA) is 36.0 Å². The Kier molecular flexibility index (Phi) is 1.63. The molecule has 0 bridgehead atoms. The third kappa shape index (κ3) is 0.936. The molecule has 1 aliphatic rings. The lowest BCUT2D eigenvalue weighted by Crippen LogP contribution is -2.41. The molecule has 0 N–H and O–H groups in total. The van der Waals surface area contributed by atoms with Crippen LogP contribution in [-0.2, 0) is 16.3 Å². The maximum Gasteiger partial charge on any atom is 0.0807 e. The van der Waals surface area contributed by atoms with Gasteiger partial charge in [-0.2, -0.15) is 0 Å². The van der Waals surface area contributed by atoms with Gasteiger partial charge in [0.1, 0.15) is 0 Å². The lowest BCUT2D eigenvalue weighted by Gasteiger charge is -2.32. The van der Waals surface area contributed by atoms with Gasteiger partial charge in [-0.3, -0.25) is 0 Å². The van der Waals surface area contributed by atoms with Crippen molar-refractivity contribution in [2.24, 2.45) is 0 Å². The van der Waals surface area contributed by atoms with E-state index in [1.54, 1.807) is 0 Å². The minimum atomic E-state index is -0.425. The first-order valence-corrected chi connectivity index (χ1v) is 5.09. The number of hydrogen-bond acceptors (Lipinski definition) is 3. The second kappa shape index (κ2) is 2.32. The van der Waals surface area contributed by atoms with E-state index in [2.05, 4.69) is 4.37 Å². The first-order chi connectivity index (χ1) is 5.88. The van der Waals surface area contributed by atoms with Crippen LogP contribution < -0.4 is 0 Å². The van der Waals surface area contributed by atoms with Crippen LogP contribution in [-0.4, -0.2) is 9.44 Å². The number of fused-ring (bicyclic) bond motifs is 1. The second-order valence-electron chi connectivity index (χ2n) is 4.48. The molecule has 0 fully saturated rings. The normalized spacial score (nSPS) is 24.7. The maximum atomic E-state index is 12.0. The molecular formula is C9H13N2OS. The molecule has 71 valence electrons. The molecule has 1 aromatic rings. The Labute approximate surface area is 82.1 Å². The van der Waals surface area contributed by atoms with E-state index in [1.165, 1.54) is 16.6 Å². The van der Waals surface area contributed by atoms with Crippen molar-refractivity contribution in [3.8, 4) is 0 Å². The highest BCUT2D eigenvalue weighted by Gasteiger charge is 2.51. The van der Waals surface area contributed by atoms with Gasteiger partial charge < -0.3 is 0 Å². The molecule has 0 unspecified atom stereocenters. The standard InChI is InChI=1S/C9H13N2OS/c1-8(2)6-5-10-13-7(6)9(3,4)11(8)12/h5H,1-4H3. The summed E-state index contributed by atoms with van der Waals surface area (Å²) in [5.74, 6) is 0. The van der Waals surface area contributed by atoms with Crippen LogP contribution in [0.2, 0.25) is 0 Å². The Hall–Kier alpha value is -0.450. The van der Waals surface area contributed by atoms with Gasteiger partial charge in [-0.25, -0.2) is 4.37 Å². The average Bonchev–Trinajstić information content (AvgIpc) is 2.54. The fourth-order valence-electron chi connectivity index (χ4n) is 2.02. The largest absolute Gasteiger partial charge is 0.200 e. The Morgan fingerprint density at radius 1 is 1.31 bits per heavy atom. The number of rotatable bonds is 0. The van der Waals surface area contributed by atoms with E-state index in [0.717, 1.165) is 10.4 Å². The summed E-state index contributed by atoms with van der Waals surface area (Å²) in [6.45, 7) is 7.79. The van der Waals surface area contributed by atoms with E-state index in [-0.39, 0.29) is 0 Å². The van der Waals surface area contributed by atoms with E-state index in [4.69, 9.17) is 0 Å². The van der Waals surface area contributed by atoms with E-state index in [1.807, 2.05) is 33.9 Å². The summed E-state index contributed by atoms with van der Waals surface area (Å²) in [5, 5.41) is 13.1. The molecule has 2 rings (SSSR count). The molecule has 0 saturated heterocycles. The highest BCUT2D eigenvalue weighted by molar-refractivity contribution is 7.06. The molecule has 0 aliphatic carbocycles. The van der Waals surface area contributed by atoms with E-state index in [9.17, 15) is 5.21 Å². The van der Waals surface area contributed by atoms with Crippen molar-refractivity contribution in [3.05, 3.63) is 16.6 Å². The van der Waals surface area contributed by atoms with Crippen LogP contribution >= 0.6 is 11.5 Å². The fraction of sp³-hybridized carbons (Fsp3) is 0.667. The van der Waals surface area contributed by atoms with Gasteiger partial charge in [0.25, 0.3) is 0 Å². The van der Waals surface area contributed by atoms with Crippen LogP contribution in [0.25, 0.3) is 0 Å². The third-order valence-electron chi connectivity index (χ3n) is 2.80. The van der Waals surface area contributed by atoms with E-state index >= 15 is 0 Å². The third-order valence-corrected chi connectivity index (χ3v) is 3.91. The number of hydrogen-bond donors (Lipinski definition) is 0. The summed E-state index contributed by atoms with van der Waals surface area (Å²) in [7, 11) is 0. The number of hydroxylamine groups is 2. The molecule has 4 heteroatoms. The molecule has 1 radical (unpaired) electrons. The quantitative estimate of drug-likeness (QED) is 0.639. The van der Waals surface area contributed by atoms with Gasteiger partial charge in [0, 0.05) is 11.8 Å². The Morgan fingerprint density at radius 3 is 2.46 bits per heavy atom. The first-order valence-electron chi connectivity index (χ1n) is 4.31. The monoisotopic (exact) mass is 197 g/mol. The van der Waals surface area contributed by atoms with Crippen molar-refractivity contribution < 1.29 is 5.21 Å². The van der Waals surface area contributed by atoms with Crippen LogP contribution in [0, 0.1) is 0 Å². The molecule has 0 spiro atoms. The fourth-order valence-corrected chi connectivity index (χ4v) is 2.99. The van der Waals surface area contributed by atoms with Crippen molar-refractivity contribution in [1.82, 2.24) is 9.44 Å². The maximum absolute atomic E-state index is 12.0. The minimum Gasteiger partial charge on any atom is -0.200 e. The zero-order valence-electron chi connectivity index (χ0n) is 8.29. The summed E-state index contributed by atoms with van der Waals surface area (Å²) < 4.78 is 4.15. The van der Waals surface area contributed by atoms with Crippen LogP contribution in [0.4, 0.5) is 0 Å².